The maximum atomic E-state index is 12.5. The lowest BCUT2D eigenvalue weighted by atomic mass is 10.1. The third kappa shape index (κ3) is 3.00. The highest BCUT2D eigenvalue weighted by molar-refractivity contribution is 5.83. The van der Waals surface area contributed by atoms with Gasteiger partial charge in [0, 0.05) is 25.7 Å². The van der Waals surface area contributed by atoms with Gasteiger partial charge >= 0.3 is 12.0 Å². The fraction of sp³-hybridized carbons (Fsp3) is 0.846. The Hall–Kier alpha value is -1.30. The fourth-order valence-electron chi connectivity index (χ4n) is 3.13. The highest BCUT2D eigenvalue weighted by Crippen LogP contribution is 2.26. The smallest absolute Gasteiger partial charge is 0.326 e. The molecule has 2 N–H and O–H groups in total. The van der Waals surface area contributed by atoms with E-state index in [4.69, 9.17) is 10.2 Å². The van der Waals surface area contributed by atoms with Crippen LogP contribution in [0.5, 0.6) is 0 Å². The van der Waals surface area contributed by atoms with Gasteiger partial charge in [0.2, 0.25) is 0 Å². The molecule has 0 radical (unpaired) electrons. The minimum absolute atomic E-state index is 0.134. The largest absolute Gasteiger partial charge is 0.480 e. The summed E-state index contributed by atoms with van der Waals surface area (Å²) in [4.78, 5) is 26.9. The highest BCUT2D eigenvalue weighted by atomic mass is 16.4. The normalized spacial score (nSPS) is 27.0. The first-order valence-electron chi connectivity index (χ1n) is 7.06. The number of aliphatic carboxylic acids is 1. The highest BCUT2D eigenvalue weighted by Gasteiger charge is 2.39. The van der Waals surface area contributed by atoms with Crippen molar-refractivity contribution in [3.05, 3.63) is 0 Å². The first-order chi connectivity index (χ1) is 9.15. The Morgan fingerprint density at radius 2 is 1.79 bits per heavy atom. The lowest BCUT2D eigenvalue weighted by Crippen LogP contribution is -2.49. The molecule has 0 aromatic carbocycles. The molecular formula is C13H22N2O4. The number of hydrogen-bond donors (Lipinski definition) is 2. The molecule has 0 aromatic heterocycles. The SMILES string of the molecule is O=C(O)C1CCCN1C(=O)N1CCCC1CCCO. The molecule has 6 heteroatoms. The van der Waals surface area contributed by atoms with Crippen molar-refractivity contribution in [2.24, 2.45) is 0 Å². The summed E-state index contributed by atoms with van der Waals surface area (Å²) >= 11 is 0. The molecule has 0 spiro atoms. The number of urea groups is 1. The van der Waals surface area contributed by atoms with Gasteiger partial charge in [-0.15, -0.1) is 0 Å². The molecule has 0 aromatic rings. The lowest BCUT2D eigenvalue weighted by Gasteiger charge is -2.31. The number of carbonyl (C=O) groups excluding carboxylic acids is 1. The van der Waals surface area contributed by atoms with E-state index in [0.29, 0.717) is 25.9 Å². The Balaban J connectivity index is 1.99. The summed E-state index contributed by atoms with van der Waals surface area (Å²) < 4.78 is 0. The molecule has 2 aliphatic rings. The Kier molecular flexibility index (Phi) is 4.63. The summed E-state index contributed by atoms with van der Waals surface area (Å²) in [5.74, 6) is -0.906. The van der Waals surface area contributed by atoms with E-state index in [2.05, 4.69) is 0 Å². The molecule has 2 fully saturated rings. The van der Waals surface area contributed by atoms with Crippen LogP contribution in [0.4, 0.5) is 4.79 Å². The van der Waals surface area contributed by atoms with Gasteiger partial charge in [-0.25, -0.2) is 9.59 Å². The number of aliphatic hydroxyl groups is 1. The van der Waals surface area contributed by atoms with Crippen LogP contribution in [0.1, 0.15) is 38.5 Å². The number of aliphatic hydroxyl groups excluding tert-OH is 1. The summed E-state index contributed by atoms with van der Waals surface area (Å²) in [6.45, 7) is 1.39. The van der Waals surface area contributed by atoms with Gasteiger partial charge in [-0.3, -0.25) is 0 Å². The molecule has 2 unspecified atom stereocenters. The van der Waals surface area contributed by atoms with Gasteiger partial charge in [0.15, 0.2) is 0 Å². The molecule has 19 heavy (non-hydrogen) atoms. The molecule has 2 rings (SSSR count). The van der Waals surface area contributed by atoms with Gasteiger partial charge in [0.25, 0.3) is 0 Å². The van der Waals surface area contributed by atoms with Crippen LogP contribution in [-0.4, -0.2) is 63.8 Å². The van der Waals surface area contributed by atoms with Crippen LogP contribution in [-0.2, 0) is 4.79 Å². The van der Waals surface area contributed by atoms with Gasteiger partial charge in [-0.05, 0) is 38.5 Å². The molecule has 2 amide bonds. The quantitative estimate of drug-likeness (QED) is 0.795. The van der Waals surface area contributed by atoms with Crippen molar-refractivity contribution in [2.75, 3.05) is 19.7 Å². The second kappa shape index (κ2) is 6.23. The van der Waals surface area contributed by atoms with Crippen LogP contribution in [0.25, 0.3) is 0 Å². The summed E-state index contributed by atoms with van der Waals surface area (Å²) in [7, 11) is 0. The van der Waals surface area contributed by atoms with Gasteiger partial charge in [0.1, 0.15) is 6.04 Å². The van der Waals surface area contributed by atoms with Gasteiger partial charge < -0.3 is 20.0 Å². The van der Waals surface area contributed by atoms with Gasteiger partial charge in [-0.1, -0.05) is 0 Å². The third-order valence-corrected chi connectivity index (χ3v) is 4.10. The van der Waals surface area contributed by atoms with E-state index in [1.54, 1.807) is 4.90 Å². The van der Waals surface area contributed by atoms with Crippen molar-refractivity contribution in [2.45, 2.75) is 50.6 Å². The zero-order chi connectivity index (χ0) is 13.8. The minimum atomic E-state index is -0.906. The Labute approximate surface area is 113 Å². The van der Waals surface area contributed by atoms with Crippen molar-refractivity contribution >= 4 is 12.0 Å². The Bertz CT molecular complexity index is 348. The topological polar surface area (TPSA) is 81.1 Å². The third-order valence-electron chi connectivity index (χ3n) is 4.10. The zero-order valence-electron chi connectivity index (χ0n) is 11.1. The number of rotatable bonds is 4. The molecular weight excluding hydrogens is 248 g/mol. The van der Waals surface area contributed by atoms with Crippen LogP contribution in [0.2, 0.25) is 0 Å². The van der Waals surface area contributed by atoms with Crippen LogP contribution >= 0.6 is 0 Å². The number of hydrogen-bond acceptors (Lipinski definition) is 3. The second-order valence-electron chi connectivity index (χ2n) is 5.33. The van der Waals surface area contributed by atoms with E-state index in [1.165, 1.54) is 4.90 Å². The second-order valence-corrected chi connectivity index (χ2v) is 5.33. The number of carboxylic acids is 1. The minimum Gasteiger partial charge on any atom is -0.480 e. The Morgan fingerprint density at radius 3 is 2.47 bits per heavy atom. The molecule has 108 valence electrons. The number of likely N-dealkylation sites (tertiary alicyclic amines) is 2. The summed E-state index contributed by atoms with van der Waals surface area (Å²) in [6, 6.07) is -0.633. The summed E-state index contributed by atoms with van der Waals surface area (Å²) in [5.41, 5.74) is 0. The molecule has 0 saturated carbocycles. The maximum absolute atomic E-state index is 12.5. The number of amides is 2. The van der Waals surface area contributed by atoms with E-state index in [1.807, 2.05) is 0 Å². The molecule has 0 bridgehead atoms. The average Bonchev–Trinajstić information content (AvgIpc) is 3.04. The van der Waals surface area contributed by atoms with Crippen molar-refractivity contribution in [3.63, 3.8) is 0 Å². The molecule has 0 aliphatic carbocycles. The lowest BCUT2D eigenvalue weighted by molar-refractivity contribution is -0.141. The van der Waals surface area contributed by atoms with Gasteiger partial charge in [0.05, 0.1) is 0 Å². The predicted molar refractivity (Wildman–Crippen MR) is 68.8 cm³/mol. The van der Waals surface area contributed by atoms with Crippen LogP contribution in [0, 0.1) is 0 Å². The molecule has 6 nitrogen and oxygen atoms in total. The number of nitrogens with zero attached hydrogens (tertiary/aromatic N) is 2. The van der Waals surface area contributed by atoms with E-state index >= 15 is 0 Å². The molecule has 2 aliphatic heterocycles. The van der Waals surface area contributed by atoms with Gasteiger partial charge in [-0.2, -0.15) is 0 Å². The van der Waals surface area contributed by atoms with Crippen molar-refractivity contribution < 1.29 is 19.8 Å². The average molecular weight is 270 g/mol. The van der Waals surface area contributed by atoms with Crippen molar-refractivity contribution in [1.29, 1.82) is 0 Å². The number of carboxylic acid groups (broad SMARTS) is 1. The van der Waals surface area contributed by atoms with Crippen molar-refractivity contribution in [3.8, 4) is 0 Å². The van der Waals surface area contributed by atoms with Crippen LogP contribution in [0.3, 0.4) is 0 Å². The van der Waals surface area contributed by atoms with E-state index in [9.17, 15) is 9.59 Å². The molecule has 2 saturated heterocycles. The van der Waals surface area contributed by atoms with Crippen molar-refractivity contribution in [1.82, 2.24) is 9.80 Å². The molecule has 2 heterocycles. The summed E-state index contributed by atoms with van der Waals surface area (Å²) in [6.07, 6.45) is 4.73. The number of carbonyl (C=O) groups is 2. The first kappa shape index (κ1) is 14.1. The summed E-state index contributed by atoms with van der Waals surface area (Å²) in [5, 5.41) is 18.0. The zero-order valence-corrected chi connectivity index (χ0v) is 11.1. The standard InChI is InChI=1S/C13H22N2O4/c16-9-3-5-10-4-1-7-14(10)13(19)15-8-2-6-11(15)12(17)18/h10-11,16H,1-9H2,(H,17,18). The van der Waals surface area contributed by atoms with E-state index < -0.39 is 12.0 Å². The van der Waals surface area contributed by atoms with E-state index in [0.717, 1.165) is 25.7 Å². The van der Waals surface area contributed by atoms with Crippen LogP contribution in [0.15, 0.2) is 0 Å². The monoisotopic (exact) mass is 270 g/mol. The molecule has 2 atom stereocenters. The first-order valence-corrected chi connectivity index (χ1v) is 7.06. The fourth-order valence-corrected chi connectivity index (χ4v) is 3.13. The van der Waals surface area contributed by atoms with E-state index in [-0.39, 0.29) is 18.7 Å². The maximum Gasteiger partial charge on any atom is 0.326 e. The Morgan fingerprint density at radius 1 is 1.11 bits per heavy atom. The predicted octanol–water partition coefficient (Wildman–Crippen LogP) is 0.892. The van der Waals surface area contributed by atoms with Crippen LogP contribution < -0.4 is 0 Å².